The maximum Gasteiger partial charge on any atom is 0.248 e. The van der Waals surface area contributed by atoms with Gasteiger partial charge in [-0.3, -0.25) is 4.79 Å². The van der Waals surface area contributed by atoms with Gasteiger partial charge in [-0.15, -0.1) is 0 Å². The van der Waals surface area contributed by atoms with E-state index in [2.05, 4.69) is 15.5 Å². The predicted molar refractivity (Wildman–Crippen MR) is 125 cm³/mol. The first-order valence-electron chi connectivity index (χ1n) is 10.3. The Morgan fingerprint density at radius 3 is 2.47 bits per heavy atom. The van der Waals surface area contributed by atoms with Crippen LogP contribution in [0.25, 0.3) is 17.7 Å². The first-order chi connectivity index (χ1) is 16.6. The van der Waals surface area contributed by atoms with Gasteiger partial charge in [-0.2, -0.15) is 4.98 Å². The van der Waals surface area contributed by atoms with Gasteiger partial charge in [-0.25, -0.2) is 0 Å². The summed E-state index contributed by atoms with van der Waals surface area (Å²) in [7, 11) is 4.61. The van der Waals surface area contributed by atoms with Gasteiger partial charge < -0.3 is 28.5 Å². The summed E-state index contributed by atoms with van der Waals surface area (Å²) in [6, 6.07) is 14.4. The molecule has 0 bridgehead atoms. The quantitative estimate of drug-likeness (QED) is 0.360. The molecular formula is C25H23N3O6. The van der Waals surface area contributed by atoms with Crippen LogP contribution in [-0.4, -0.2) is 37.4 Å². The van der Waals surface area contributed by atoms with Crippen LogP contribution in [0.1, 0.15) is 17.0 Å². The number of hydrogen-bond donors (Lipinski definition) is 1. The number of furan rings is 1. The molecule has 0 atom stereocenters. The number of aromatic nitrogens is 2. The summed E-state index contributed by atoms with van der Waals surface area (Å²) in [5, 5.41) is 6.84. The van der Waals surface area contributed by atoms with Crippen molar-refractivity contribution in [3.05, 3.63) is 77.9 Å². The van der Waals surface area contributed by atoms with Gasteiger partial charge in [-0.05, 0) is 47.5 Å². The Morgan fingerprint density at radius 1 is 1.03 bits per heavy atom. The minimum atomic E-state index is -0.303. The number of ether oxygens (including phenoxy) is 3. The molecule has 2 aromatic carbocycles. The summed E-state index contributed by atoms with van der Waals surface area (Å²) in [6.07, 6.45) is 4.98. The molecule has 9 heteroatoms. The Balaban J connectivity index is 1.48. The number of nitrogens with one attached hydrogen (secondary N) is 1. The van der Waals surface area contributed by atoms with E-state index < -0.39 is 0 Å². The summed E-state index contributed by atoms with van der Waals surface area (Å²) in [6.45, 7) is 0. The maximum atomic E-state index is 12.6. The number of anilines is 1. The molecule has 2 aromatic heterocycles. The van der Waals surface area contributed by atoms with E-state index in [4.69, 9.17) is 23.2 Å². The molecule has 0 saturated heterocycles. The fourth-order valence-electron chi connectivity index (χ4n) is 3.34. The average Bonchev–Trinajstić information content (AvgIpc) is 3.55. The van der Waals surface area contributed by atoms with Crippen LogP contribution in [0.2, 0.25) is 0 Å². The van der Waals surface area contributed by atoms with Crippen molar-refractivity contribution >= 4 is 17.7 Å². The first-order valence-corrected chi connectivity index (χ1v) is 10.3. The minimum absolute atomic E-state index is 0.303. The van der Waals surface area contributed by atoms with Gasteiger partial charge in [0.05, 0.1) is 34.0 Å². The zero-order valence-corrected chi connectivity index (χ0v) is 18.9. The van der Waals surface area contributed by atoms with E-state index in [1.165, 1.54) is 27.4 Å². The Bertz CT molecular complexity index is 1270. The summed E-state index contributed by atoms with van der Waals surface area (Å²) in [5.74, 6) is 2.48. The molecule has 4 aromatic rings. The summed E-state index contributed by atoms with van der Waals surface area (Å²) < 4.78 is 26.7. The summed E-state index contributed by atoms with van der Waals surface area (Å²) in [5.41, 5.74) is 2.18. The van der Waals surface area contributed by atoms with Crippen molar-refractivity contribution in [2.45, 2.75) is 6.42 Å². The molecule has 34 heavy (non-hydrogen) atoms. The third-order valence-corrected chi connectivity index (χ3v) is 4.94. The third kappa shape index (κ3) is 5.09. The van der Waals surface area contributed by atoms with E-state index in [1.807, 2.05) is 24.3 Å². The van der Waals surface area contributed by atoms with E-state index in [-0.39, 0.29) is 5.91 Å². The highest BCUT2D eigenvalue weighted by atomic mass is 16.5. The minimum Gasteiger partial charge on any atom is -0.493 e. The Morgan fingerprint density at radius 2 is 1.79 bits per heavy atom. The van der Waals surface area contributed by atoms with Gasteiger partial charge in [-0.1, -0.05) is 23.4 Å². The lowest BCUT2D eigenvalue weighted by Crippen LogP contribution is -2.10. The number of nitrogens with zero attached hydrogens (tertiary/aromatic N) is 2. The largest absolute Gasteiger partial charge is 0.493 e. The Labute approximate surface area is 195 Å². The molecule has 4 rings (SSSR count). The molecule has 174 valence electrons. The third-order valence-electron chi connectivity index (χ3n) is 4.94. The topological polar surface area (TPSA) is 109 Å². The Kier molecular flexibility index (Phi) is 6.92. The number of carbonyl (C=O) groups excluding carboxylic acids is 1. The maximum absolute atomic E-state index is 12.6. The normalized spacial score (nSPS) is 10.9. The molecule has 0 spiro atoms. The van der Waals surface area contributed by atoms with Crippen molar-refractivity contribution in [1.82, 2.24) is 10.1 Å². The van der Waals surface area contributed by atoms with Gasteiger partial charge in [0.25, 0.3) is 0 Å². The number of amides is 1. The van der Waals surface area contributed by atoms with Crippen LogP contribution in [0, 0.1) is 0 Å². The second-order valence-electron chi connectivity index (χ2n) is 7.10. The van der Waals surface area contributed by atoms with Crippen molar-refractivity contribution in [2.75, 3.05) is 26.6 Å². The van der Waals surface area contributed by atoms with Crippen LogP contribution in [0.15, 0.2) is 69.8 Å². The van der Waals surface area contributed by atoms with Crippen molar-refractivity contribution in [3.63, 3.8) is 0 Å². The number of hydrogen-bond acceptors (Lipinski definition) is 8. The van der Waals surface area contributed by atoms with Crippen LogP contribution in [0.4, 0.5) is 5.69 Å². The number of methoxy groups -OCH3 is 3. The molecule has 0 fully saturated rings. The lowest BCUT2D eigenvalue weighted by Gasteiger charge is -2.12. The van der Waals surface area contributed by atoms with Crippen molar-refractivity contribution in [2.24, 2.45) is 0 Å². The van der Waals surface area contributed by atoms with E-state index in [0.717, 1.165) is 5.56 Å². The van der Waals surface area contributed by atoms with Gasteiger partial charge in [0, 0.05) is 11.8 Å². The van der Waals surface area contributed by atoms with Crippen LogP contribution in [0.3, 0.4) is 0 Å². The molecule has 0 aliphatic carbocycles. The van der Waals surface area contributed by atoms with Gasteiger partial charge >= 0.3 is 0 Å². The van der Waals surface area contributed by atoms with Crippen molar-refractivity contribution < 1.29 is 27.9 Å². The second kappa shape index (κ2) is 10.4. The molecule has 0 aliphatic heterocycles. The highest BCUT2D eigenvalue weighted by molar-refractivity contribution is 6.02. The van der Waals surface area contributed by atoms with Crippen LogP contribution >= 0.6 is 0 Å². The second-order valence-corrected chi connectivity index (χ2v) is 7.10. The molecule has 9 nitrogen and oxygen atoms in total. The fourth-order valence-corrected chi connectivity index (χ4v) is 3.34. The SMILES string of the molecule is COc1cc(/C=C/C(=O)Nc2ccccc2Cc2nc(-c3ccco3)no2)cc(OC)c1OC. The molecule has 2 heterocycles. The number of benzene rings is 2. The van der Waals surface area contributed by atoms with Gasteiger partial charge in [0.2, 0.25) is 23.4 Å². The van der Waals surface area contributed by atoms with E-state index in [9.17, 15) is 4.79 Å². The molecule has 1 amide bonds. The zero-order valence-electron chi connectivity index (χ0n) is 18.9. The number of carbonyl (C=O) groups is 1. The molecule has 0 aliphatic rings. The number of para-hydroxylation sites is 1. The Hall–Kier alpha value is -4.53. The van der Waals surface area contributed by atoms with Gasteiger partial charge in [0.1, 0.15) is 0 Å². The lowest BCUT2D eigenvalue weighted by molar-refractivity contribution is -0.111. The standard InChI is InChI=1S/C25H23N3O6/c1-30-20-13-16(14-21(31-2)24(20)32-3)10-11-22(29)26-18-8-5-4-7-17(18)15-23-27-25(28-34-23)19-9-6-12-33-19/h4-14H,15H2,1-3H3,(H,26,29)/b11-10+. The smallest absolute Gasteiger partial charge is 0.248 e. The molecule has 0 saturated carbocycles. The van der Waals surface area contributed by atoms with Crippen LogP contribution < -0.4 is 19.5 Å². The highest BCUT2D eigenvalue weighted by Gasteiger charge is 2.14. The van der Waals surface area contributed by atoms with E-state index >= 15 is 0 Å². The fraction of sp³-hybridized carbons (Fsp3) is 0.160. The molecule has 0 radical (unpaired) electrons. The van der Waals surface area contributed by atoms with Crippen LogP contribution in [-0.2, 0) is 11.2 Å². The molecule has 0 unspecified atom stereocenters. The zero-order chi connectivity index (χ0) is 23.9. The number of rotatable bonds is 9. The van der Waals surface area contributed by atoms with Crippen molar-refractivity contribution in [3.8, 4) is 28.8 Å². The lowest BCUT2D eigenvalue weighted by atomic mass is 10.1. The van der Waals surface area contributed by atoms with Crippen LogP contribution in [0.5, 0.6) is 17.2 Å². The average molecular weight is 461 g/mol. The first kappa shape index (κ1) is 22.7. The molecule has 1 N–H and O–H groups in total. The van der Waals surface area contributed by atoms with E-state index in [0.29, 0.717) is 52.4 Å². The van der Waals surface area contributed by atoms with Gasteiger partial charge in [0.15, 0.2) is 17.3 Å². The predicted octanol–water partition coefficient (Wildman–Crippen LogP) is 4.60. The molecular weight excluding hydrogens is 438 g/mol. The summed E-state index contributed by atoms with van der Waals surface area (Å²) >= 11 is 0. The monoisotopic (exact) mass is 461 g/mol. The van der Waals surface area contributed by atoms with E-state index in [1.54, 1.807) is 36.6 Å². The highest BCUT2D eigenvalue weighted by Crippen LogP contribution is 2.38. The van der Waals surface area contributed by atoms with Crippen molar-refractivity contribution in [1.29, 1.82) is 0 Å². The summed E-state index contributed by atoms with van der Waals surface area (Å²) in [4.78, 5) is 17.0.